The van der Waals surface area contributed by atoms with Crippen LogP contribution in [-0.2, 0) is 6.42 Å². The molecule has 0 amide bonds. The van der Waals surface area contributed by atoms with Crippen molar-refractivity contribution in [2.75, 3.05) is 0 Å². The zero-order chi connectivity index (χ0) is 12.1. The van der Waals surface area contributed by atoms with Gasteiger partial charge in [-0.2, -0.15) is 0 Å². The lowest BCUT2D eigenvalue weighted by molar-refractivity contribution is 0.0988. The minimum Gasteiger partial charge on any atom is -0.388 e. The maximum Gasteiger partial charge on any atom is 0.0818 e. The summed E-state index contributed by atoms with van der Waals surface area (Å²) in [7, 11) is 0. The summed E-state index contributed by atoms with van der Waals surface area (Å²) in [5, 5.41) is 10.4. The molecule has 0 radical (unpaired) electrons. The monoisotopic (exact) mass is 232 g/mol. The highest BCUT2D eigenvalue weighted by molar-refractivity contribution is 5.24. The van der Waals surface area contributed by atoms with Crippen molar-refractivity contribution in [2.24, 2.45) is 5.92 Å². The Labute approximate surface area is 105 Å². The van der Waals surface area contributed by atoms with Crippen molar-refractivity contribution in [3.63, 3.8) is 0 Å². The molecule has 1 atom stereocenters. The van der Waals surface area contributed by atoms with Crippen LogP contribution in [0, 0.1) is 5.92 Å². The minimum absolute atomic E-state index is 0.251. The third kappa shape index (κ3) is 3.32. The van der Waals surface area contributed by atoms with E-state index in [1.165, 1.54) is 44.1 Å². The number of hydrogen-bond acceptors (Lipinski definition) is 1. The molecule has 17 heavy (non-hydrogen) atoms. The minimum atomic E-state index is -0.251. The number of aryl methyl sites for hydroxylation is 1. The lowest BCUT2D eigenvalue weighted by Gasteiger charge is -2.21. The van der Waals surface area contributed by atoms with Gasteiger partial charge in [-0.1, -0.05) is 56.9 Å². The van der Waals surface area contributed by atoms with E-state index in [4.69, 9.17) is 0 Å². The highest BCUT2D eigenvalue weighted by atomic mass is 16.3. The maximum atomic E-state index is 10.4. The Morgan fingerprint density at radius 3 is 2.18 bits per heavy atom. The van der Waals surface area contributed by atoms with E-state index in [2.05, 4.69) is 31.2 Å². The van der Waals surface area contributed by atoms with E-state index in [1.807, 2.05) is 0 Å². The molecule has 0 heterocycles. The molecule has 1 unspecified atom stereocenters. The number of aliphatic hydroxyl groups excluding tert-OH is 1. The second-order valence-corrected chi connectivity index (χ2v) is 5.29. The first-order chi connectivity index (χ1) is 8.31. The van der Waals surface area contributed by atoms with Gasteiger partial charge in [-0.15, -0.1) is 0 Å². The van der Waals surface area contributed by atoms with Crippen LogP contribution in [0.3, 0.4) is 0 Å². The van der Waals surface area contributed by atoms with Crippen LogP contribution in [0.5, 0.6) is 0 Å². The Kier molecular flexibility index (Phi) is 4.61. The lowest BCUT2D eigenvalue weighted by atomic mass is 9.89. The van der Waals surface area contributed by atoms with Crippen molar-refractivity contribution in [3.05, 3.63) is 35.4 Å². The standard InChI is InChI=1S/C16H24O/c1-2-13-9-11-15(12-10-13)16(17)14-7-5-3-4-6-8-14/h9-12,14,16-17H,2-8H2,1H3. The van der Waals surface area contributed by atoms with Crippen LogP contribution in [0.15, 0.2) is 24.3 Å². The first kappa shape index (κ1) is 12.6. The van der Waals surface area contributed by atoms with Gasteiger partial charge in [0.15, 0.2) is 0 Å². The second kappa shape index (κ2) is 6.20. The molecular formula is C16H24O. The van der Waals surface area contributed by atoms with E-state index in [1.54, 1.807) is 0 Å². The average Bonchev–Trinajstić information content (AvgIpc) is 2.67. The summed E-state index contributed by atoms with van der Waals surface area (Å²) >= 11 is 0. The van der Waals surface area contributed by atoms with Crippen LogP contribution in [0.4, 0.5) is 0 Å². The highest BCUT2D eigenvalue weighted by Gasteiger charge is 2.21. The van der Waals surface area contributed by atoms with Crippen LogP contribution in [-0.4, -0.2) is 5.11 Å². The molecule has 1 heteroatoms. The van der Waals surface area contributed by atoms with E-state index in [9.17, 15) is 5.11 Å². The van der Waals surface area contributed by atoms with E-state index in [-0.39, 0.29) is 6.10 Å². The second-order valence-electron chi connectivity index (χ2n) is 5.29. The van der Waals surface area contributed by atoms with Gasteiger partial charge >= 0.3 is 0 Å². The van der Waals surface area contributed by atoms with Crippen molar-refractivity contribution >= 4 is 0 Å². The fourth-order valence-corrected chi connectivity index (χ4v) is 2.85. The molecule has 1 fully saturated rings. The molecule has 1 aliphatic carbocycles. The van der Waals surface area contributed by atoms with Crippen LogP contribution >= 0.6 is 0 Å². The topological polar surface area (TPSA) is 20.2 Å². The summed E-state index contributed by atoms with van der Waals surface area (Å²) in [5.74, 6) is 0.477. The Morgan fingerprint density at radius 1 is 1.06 bits per heavy atom. The van der Waals surface area contributed by atoms with Crippen LogP contribution in [0.1, 0.15) is 62.7 Å². The lowest BCUT2D eigenvalue weighted by Crippen LogP contribution is -2.11. The van der Waals surface area contributed by atoms with Crippen LogP contribution in [0.2, 0.25) is 0 Å². The SMILES string of the molecule is CCc1ccc(C(O)C2CCCCCC2)cc1. The Balaban J connectivity index is 2.03. The maximum absolute atomic E-state index is 10.4. The van der Waals surface area contributed by atoms with Gasteiger partial charge in [-0.25, -0.2) is 0 Å². The molecule has 2 rings (SSSR count). The van der Waals surface area contributed by atoms with E-state index in [0.717, 1.165) is 12.0 Å². The molecule has 1 nitrogen and oxygen atoms in total. The number of benzene rings is 1. The van der Waals surface area contributed by atoms with Crippen molar-refractivity contribution in [2.45, 2.75) is 58.0 Å². The molecule has 1 aromatic rings. The highest BCUT2D eigenvalue weighted by Crippen LogP contribution is 2.33. The summed E-state index contributed by atoms with van der Waals surface area (Å²) in [6.07, 6.45) is 8.46. The van der Waals surface area contributed by atoms with Crippen molar-refractivity contribution in [1.29, 1.82) is 0 Å². The molecule has 1 aliphatic rings. The summed E-state index contributed by atoms with van der Waals surface area (Å²) in [4.78, 5) is 0. The quantitative estimate of drug-likeness (QED) is 0.772. The molecule has 0 bridgehead atoms. The van der Waals surface area contributed by atoms with Crippen LogP contribution in [0.25, 0.3) is 0 Å². The van der Waals surface area contributed by atoms with Gasteiger partial charge in [-0.3, -0.25) is 0 Å². The van der Waals surface area contributed by atoms with E-state index >= 15 is 0 Å². The smallest absolute Gasteiger partial charge is 0.0818 e. The molecular weight excluding hydrogens is 208 g/mol. The predicted octanol–water partition coefficient (Wildman–Crippen LogP) is 4.25. The first-order valence-electron chi connectivity index (χ1n) is 7.08. The van der Waals surface area contributed by atoms with E-state index in [0.29, 0.717) is 5.92 Å². The Hall–Kier alpha value is -0.820. The summed E-state index contributed by atoms with van der Waals surface area (Å²) in [5.41, 5.74) is 2.45. The predicted molar refractivity (Wildman–Crippen MR) is 72.0 cm³/mol. The third-order valence-corrected chi connectivity index (χ3v) is 4.08. The molecule has 0 aromatic heterocycles. The molecule has 1 saturated carbocycles. The zero-order valence-corrected chi connectivity index (χ0v) is 10.9. The fraction of sp³-hybridized carbons (Fsp3) is 0.625. The third-order valence-electron chi connectivity index (χ3n) is 4.08. The molecule has 0 spiro atoms. The Morgan fingerprint density at radius 2 is 1.65 bits per heavy atom. The average molecular weight is 232 g/mol. The molecule has 0 saturated heterocycles. The van der Waals surface area contributed by atoms with Gasteiger partial charge in [0.05, 0.1) is 6.10 Å². The fourth-order valence-electron chi connectivity index (χ4n) is 2.85. The number of hydrogen-bond donors (Lipinski definition) is 1. The van der Waals surface area contributed by atoms with E-state index < -0.39 is 0 Å². The summed E-state index contributed by atoms with van der Waals surface area (Å²) in [6.45, 7) is 2.16. The van der Waals surface area contributed by atoms with Gasteiger partial charge in [-0.05, 0) is 36.3 Å². The largest absolute Gasteiger partial charge is 0.388 e. The summed E-state index contributed by atoms with van der Waals surface area (Å²) in [6, 6.07) is 8.51. The van der Waals surface area contributed by atoms with Gasteiger partial charge in [0.2, 0.25) is 0 Å². The molecule has 1 aromatic carbocycles. The Bertz CT molecular complexity index is 320. The number of aliphatic hydroxyl groups is 1. The number of rotatable bonds is 3. The molecule has 94 valence electrons. The van der Waals surface area contributed by atoms with Crippen molar-refractivity contribution in [3.8, 4) is 0 Å². The van der Waals surface area contributed by atoms with Crippen LogP contribution < -0.4 is 0 Å². The summed E-state index contributed by atoms with van der Waals surface area (Å²) < 4.78 is 0. The normalized spacial score (nSPS) is 19.9. The van der Waals surface area contributed by atoms with Gasteiger partial charge in [0, 0.05) is 0 Å². The molecule has 1 N–H and O–H groups in total. The van der Waals surface area contributed by atoms with Gasteiger partial charge in [0.1, 0.15) is 0 Å². The van der Waals surface area contributed by atoms with Crippen molar-refractivity contribution in [1.82, 2.24) is 0 Å². The van der Waals surface area contributed by atoms with Gasteiger partial charge < -0.3 is 5.11 Å². The zero-order valence-electron chi connectivity index (χ0n) is 10.9. The molecule has 0 aliphatic heterocycles. The van der Waals surface area contributed by atoms with Gasteiger partial charge in [0.25, 0.3) is 0 Å². The van der Waals surface area contributed by atoms with Crippen molar-refractivity contribution < 1.29 is 5.11 Å². The first-order valence-corrected chi connectivity index (χ1v) is 7.08.